The molecule has 1 aliphatic rings. The quantitative estimate of drug-likeness (QED) is 0.843. The van der Waals surface area contributed by atoms with Gasteiger partial charge in [-0.1, -0.05) is 13.8 Å². The van der Waals surface area contributed by atoms with Crippen LogP contribution >= 0.6 is 10.7 Å². The highest BCUT2D eigenvalue weighted by molar-refractivity contribution is 8.13. The van der Waals surface area contributed by atoms with Crippen molar-refractivity contribution in [3.8, 4) is 0 Å². The third kappa shape index (κ3) is 3.55. The van der Waals surface area contributed by atoms with Gasteiger partial charge in [0.1, 0.15) is 10.7 Å². The lowest BCUT2D eigenvalue weighted by Crippen LogP contribution is -2.32. The molecule has 1 aromatic carbocycles. The number of hydrogen-bond acceptors (Lipinski definition) is 3. The first-order valence-electron chi connectivity index (χ1n) is 6.68. The first kappa shape index (κ1) is 16.2. The zero-order chi connectivity index (χ0) is 15.8. The molecule has 7 heteroatoms. The summed E-state index contributed by atoms with van der Waals surface area (Å²) in [5.41, 5.74) is 0.215. The summed E-state index contributed by atoms with van der Waals surface area (Å²) in [5.74, 6) is -0.935. The van der Waals surface area contributed by atoms with Crippen LogP contribution in [0.25, 0.3) is 0 Å². The Morgan fingerprint density at radius 2 is 2.05 bits per heavy atom. The molecule has 1 N–H and O–H groups in total. The maximum Gasteiger partial charge on any atom is 0.264 e. The van der Waals surface area contributed by atoms with Gasteiger partial charge in [-0.3, -0.25) is 4.79 Å². The smallest absolute Gasteiger partial charge is 0.264 e. The monoisotopic (exact) mass is 333 g/mol. The Labute approximate surface area is 128 Å². The van der Waals surface area contributed by atoms with Crippen LogP contribution in [0.3, 0.4) is 0 Å². The number of hydrogen-bond donors (Lipinski definition) is 1. The minimum atomic E-state index is -4.22. The van der Waals surface area contributed by atoms with E-state index in [-0.39, 0.29) is 11.0 Å². The van der Waals surface area contributed by atoms with Gasteiger partial charge in [0.05, 0.1) is 0 Å². The molecular formula is C14H17ClFNO3S. The molecule has 1 saturated carbocycles. The van der Waals surface area contributed by atoms with Gasteiger partial charge in [-0.05, 0) is 42.4 Å². The fraction of sp³-hybridized carbons (Fsp3) is 0.500. The summed E-state index contributed by atoms with van der Waals surface area (Å²) in [5, 5.41) is 2.78. The predicted molar refractivity (Wildman–Crippen MR) is 78.3 cm³/mol. The normalized spacial score (nSPS) is 16.8. The van der Waals surface area contributed by atoms with Crippen LogP contribution in [0.5, 0.6) is 0 Å². The molecule has 0 radical (unpaired) electrons. The molecular weight excluding hydrogens is 317 g/mol. The van der Waals surface area contributed by atoms with Crippen molar-refractivity contribution in [2.24, 2.45) is 11.3 Å². The van der Waals surface area contributed by atoms with Crippen LogP contribution in [-0.2, 0) is 9.05 Å². The highest BCUT2D eigenvalue weighted by atomic mass is 35.7. The van der Waals surface area contributed by atoms with E-state index in [1.807, 2.05) is 0 Å². The van der Waals surface area contributed by atoms with E-state index in [2.05, 4.69) is 19.2 Å². The van der Waals surface area contributed by atoms with Crippen LogP contribution in [0, 0.1) is 17.2 Å². The van der Waals surface area contributed by atoms with Gasteiger partial charge in [-0.2, -0.15) is 0 Å². The predicted octanol–water partition coefficient (Wildman–Crippen LogP) is 2.92. The van der Waals surface area contributed by atoms with Crippen molar-refractivity contribution in [2.45, 2.75) is 31.6 Å². The minimum Gasteiger partial charge on any atom is -0.351 e. The van der Waals surface area contributed by atoms with Crippen LogP contribution in [-0.4, -0.2) is 20.9 Å². The molecule has 0 unspecified atom stereocenters. The lowest BCUT2D eigenvalue weighted by atomic mass is 9.92. The molecule has 1 aromatic rings. The van der Waals surface area contributed by atoms with Gasteiger partial charge in [0.25, 0.3) is 15.0 Å². The lowest BCUT2D eigenvalue weighted by molar-refractivity contribution is 0.0939. The number of nitrogens with one attached hydrogen (secondary N) is 1. The van der Waals surface area contributed by atoms with E-state index in [9.17, 15) is 17.6 Å². The van der Waals surface area contributed by atoms with Crippen molar-refractivity contribution in [3.63, 3.8) is 0 Å². The Hall–Kier alpha value is -1.14. The number of carbonyl (C=O) groups is 1. The minimum absolute atomic E-state index is 0.0789. The topological polar surface area (TPSA) is 63.2 Å². The molecule has 1 fully saturated rings. The van der Waals surface area contributed by atoms with Crippen molar-refractivity contribution in [2.75, 3.05) is 6.54 Å². The van der Waals surface area contributed by atoms with Crippen molar-refractivity contribution in [1.82, 2.24) is 5.32 Å². The van der Waals surface area contributed by atoms with E-state index in [0.29, 0.717) is 12.5 Å². The van der Waals surface area contributed by atoms with E-state index >= 15 is 0 Å². The maximum absolute atomic E-state index is 13.4. The number of rotatable bonds is 5. The SMILES string of the molecule is CC(C)C1(CNC(=O)c2ccc(F)c(S(=O)(=O)Cl)c2)CC1. The Morgan fingerprint density at radius 1 is 1.43 bits per heavy atom. The highest BCUT2D eigenvalue weighted by Crippen LogP contribution is 2.51. The van der Waals surface area contributed by atoms with Crippen LogP contribution < -0.4 is 5.32 Å². The first-order chi connectivity index (χ1) is 9.66. The molecule has 0 spiro atoms. The summed E-state index contributed by atoms with van der Waals surface area (Å²) in [6.07, 6.45) is 2.13. The Morgan fingerprint density at radius 3 is 2.52 bits per heavy atom. The highest BCUT2D eigenvalue weighted by Gasteiger charge is 2.45. The van der Waals surface area contributed by atoms with Gasteiger partial charge in [0.15, 0.2) is 0 Å². The van der Waals surface area contributed by atoms with Crippen LogP contribution in [0.15, 0.2) is 23.1 Å². The molecule has 0 bridgehead atoms. The Kier molecular flexibility index (Phi) is 4.31. The summed E-state index contributed by atoms with van der Waals surface area (Å²) in [4.78, 5) is 11.4. The van der Waals surface area contributed by atoms with Crippen molar-refractivity contribution >= 4 is 25.6 Å². The summed E-state index contributed by atoms with van der Waals surface area (Å²) < 4.78 is 35.9. The maximum atomic E-state index is 13.4. The van der Waals surface area contributed by atoms with Crippen molar-refractivity contribution in [3.05, 3.63) is 29.6 Å². The van der Waals surface area contributed by atoms with E-state index in [0.717, 1.165) is 25.0 Å². The first-order valence-corrected chi connectivity index (χ1v) is 8.99. The zero-order valence-electron chi connectivity index (χ0n) is 11.8. The third-order valence-corrected chi connectivity index (χ3v) is 5.51. The van der Waals surface area contributed by atoms with Crippen molar-refractivity contribution in [1.29, 1.82) is 0 Å². The molecule has 0 saturated heterocycles. The van der Waals surface area contributed by atoms with Gasteiger partial charge in [-0.25, -0.2) is 12.8 Å². The van der Waals surface area contributed by atoms with Crippen LogP contribution in [0.2, 0.25) is 0 Å². The Bertz CT molecular complexity index is 669. The second-order valence-corrected chi connectivity index (χ2v) is 8.32. The zero-order valence-corrected chi connectivity index (χ0v) is 13.4. The largest absolute Gasteiger partial charge is 0.351 e. The summed E-state index contributed by atoms with van der Waals surface area (Å²) in [6, 6.07) is 3.13. The van der Waals surface area contributed by atoms with Gasteiger partial charge in [-0.15, -0.1) is 0 Å². The van der Waals surface area contributed by atoms with Gasteiger partial charge >= 0.3 is 0 Å². The van der Waals surface area contributed by atoms with E-state index in [1.165, 1.54) is 6.07 Å². The van der Waals surface area contributed by atoms with Crippen LogP contribution in [0.4, 0.5) is 4.39 Å². The molecule has 0 aromatic heterocycles. The molecule has 4 nitrogen and oxygen atoms in total. The molecule has 1 amide bonds. The van der Waals surface area contributed by atoms with E-state index in [1.54, 1.807) is 0 Å². The summed E-state index contributed by atoms with van der Waals surface area (Å²) >= 11 is 0. The average molecular weight is 334 g/mol. The molecule has 0 aliphatic heterocycles. The molecule has 116 valence electrons. The summed E-state index contributed by atoms with van der Waals surface area (Å²) in [6.45, 7) is 4.74. The fourth-order valence-electron chi connectivity index (χ4n) is 2.31. The van der Waals surface area contributed by atoms with Crippen molar-refractivity contribution < 1.29 is 17.6 Å². The standard InChI is InChI=1S/C14H17ClFNO3S/c1-9(2)14(5-6-14)8-17-13(18)10-3-4-11(16)12(7-10)21(15,19)20/h3-4,7,9H,5-6,8H2,1-2H3,(H,17,18). The number of benzene rings is 1. The molecule has 1 aliphatic carbocycles. The average Bonchev–Trinajstić information content (AvgIpc) is 3.16. The second-order valence-electron chi connectivity index (χ2n) is 5.78. The number of amides is 1. The van der Waals surface area contributed by atoms with E-state index < -0.39 is 25.7 Å². The third-order valence-electron chi connectivity index (χ3n) is 4.17. The Balaban J connectivity index is 2.14. The number of carbonyl (C=O) groups excluding carboxylic acids is 1. The molecule has 0 heterocycles. The van der Waals surface area contributed by atoms with E-state index in [4.69, 9.17) is 10.7 Å². The molecule has 0 atom stereocenters. The number of halogens is 2. The van der Waals surface area contributed by atoms with Gasteiger partial charge < -0.3 is 5.32 Å². The van der Waals surface area contributed by atoms with Crippen LogP contribution in [0.1, 0.15) is 37.0 Å². The second kappa shape index (κ2) is 5.57. The van der Waals surface area contributed by atoms with Gasteiger partial charge in [0, 0.05) is 22.8 Å². The molecule has 21 heavy (non-hydrogen) atoms. The summed E-state index contributed by atoms with van der Waals surface area (Å²) in [7, 11) is 0.925. The lowest BCUT2D eigenvalue weighted by Gasteiger charge is -2.20. The molecule has 2 rings (SSSR count). The van der Waals surface area contributed by atoms with Gasteiger partial charge in [0.2, 0.25) is 0 Å². The fourth-order valence-corrected chi connectivity index (χ4v) is 3.23.